The van der Waals surface area contributed by atoms with Crippen molar-refractivity contribution in [3.8, 4) is 58.0 Å². The first-order valence-electron chi connectivity index (χ1n) is 14.5. The molecule has 6 rings (SSSR count). The zero-order valence-electron chi connectivity index (χ0n) is 25.7. The fraction of sp³-hybridized carbons (Fsp3) is 0.0526. The van der Waals surface area contributed by atoms with Gasteiger partial charge in [-0.25, -0.2) is 20.2 Å². The van der Waals surface area contributed by atoms with E-state index in [0.29, 0.717) is 0 Å². The Hall–Kier alpha value is -7.78. The molecule has 0 saturated heterocycles. The summed E-state index contributed by atoms with van der Waals surface area (Å²) in [6, 6.07) is 23.3. The third-order valence-corrected chi connectivity index (χ3v) is 8.12. The van der Waals surface area contributed by atoms with Gasteiger partial charge in [-0.15, -0.1) is 26.3 Å². The Morgan fingerprint density at radius 2 is 0.923 bits per heavy atom. The highest BCUT2D eigenvalue weighted by Crippen LogP contribution is 2.60. The molecule has 0 N–H and O–H groups in total. The van der Waals surface area contributed by atoms with Crippen LogP contribution in [-0.2, 0) is 0 Å². The molecule has 0 radical (unpaired) electrons. The maximum absolute atomic E-state index is 13.2. The van der Waals surface area contributed by atoms with Gasteiger partial charge in [-0.05, 0) is 68.8 Å². The van der Waals surface area contributed by atoms with Crippen LogP contribution in [0.1, 0.15) is 33.4 Å². The lowest BCUT2D eigenvalue weighted by Gasteiger charge is -2.17. The van der Waals surface area contributed by atoms with Crippen molar-refractivity contribution in [1.82, 2.24) is 0 Å². The van der Waals surface area contributed by atoms with Crippen molar-refractivity contribution in [3.05, 3.63) is 140 Å². The van der Waals surface area contributed by atoms with Crippen LogP contribution >= 0.6 is 0 Å². The summed E-state index contributed by atoms with van der Waals surface area (Å²) in [5.41, 5.74) is 0.580. The van der Waals surface area contributed by atoms with E-state index in [1.54, 1.807) is 12.1 Å². The summed E-state index contributed by atoms with van der Waals surface area (Å²) in [6.45, 7) is 15.6. The van der Waals surface area contributed by atoms with Gasteiger partial charge in [0.2, 0.25) is 0 Å². The molecule has 0 bridgehead atoms. The van der Waals surface area contributed by atoms with Crippen molar-refractivity contribution in [2.24, 2.45) is 0 Å². The molecule has 0 aliphatic heterocycles. The van der Waals surface area contributed by atoms with Crippen LogP contribution in [0.15, 0.2) is 84.2 Å². The summed E-state index contributed by atoms with van der Waals surface area (Å²) in [5, 5.41) is 39.8. The van der Waals surface area contributed by atoms with E-state index >= 15 is 0 Å². The predicted octanol–water partition coefficient (Wildman–Crippen LogP) is 9.81. The summed E-state index contributed by atoms with van der Waals surface area (Å²) >= 11 is 0. The number of hydrogen-bond acceptors (Lipinski definition) is 6. The third-order valence-electron chi connectivity index (χ3n) is 8.12. The Balaban J connectivity index is 1.66. The largest absolute Gasteiger partial charge is 0.573 e. The highest BCUT2D eigenvalue weighted by molar-refractivity contribution is 6.37. The summed E-state index contributed by atoms with van der Waals surface area (Å²) in [4.78, 5) is 6.80. The second-order valence-corrected chi connectivity index (χ2v) is 10.8. The van der Waals surface area contributed by atoms with Crippen molar-refractivity contribution < 1.29 is 35.8 Å². The number of halogens is 6. The van der Waals surface area contributed by atoms with E-state index in [4.69, 9.17) is 13.1 Å². The minimum atomic E-state index is -5.10. The molecule has 0 saturated carbocycles. The normalized spacial score (nSPS) is 14.6. The number of rotatable bonds is 4. The average Bonchev–Trinajstić information content (AvgIpc) is 3.60. The molecule has 2 aliphatic rings. The Labute approximate surface area is 290 Å². The van der Waals surface area contributed by atoms with Gasteiger partial charge in [-0.1, -0.05) is 48.5 Å². The molecular formula is C38H12F6N6O2. The number of benzene rings is 4. The molecule has 14 heteroatoms. The van der Waals surface area contributed by atoms with Crippen LogP contribution in [-0.4, -0.2) is 12.7 Å². The zero-order chi connectivity index (χ0) is 37.5. The van der Waals surface area contributed by atoms with E-state index in [2.05, 4.69) is 19.2 Å². The molecule has 52 heavy (non-hydrogen) atoms. The van der Waals surface area contributed by atoms with E-state index in [1.165, 1.54) is 60.7 Å². The van der Waals surface area contributed by atoms with Gasteiger partial charge in [-0.3, -0.25) is 0 Å². The Kier molecular flexibility index (Phi) is 8.26. The van der Waals surface area contributed by atoms with E-state index < -0.39 is 46.7 Å². The van der Waals surface area contributed by atoms with E-state index in [9.17, 15) is 47.4 Å². The fourth-order valence-corrected chi connectivity index (χ4v) is 6.29. The fourth-order valence-electron chi connectivity index (χ4n) is 6.29. The maximum Gasteiger partial charge on any atom is 0.573 e. The Bertz CT molecular complexity index is 2410. The summed E-state index contributed by atoms with van der Waals surface area (Å²) in [6.07, 6.45) is -10.2. The first kappa shape index (κ1) is 34.1. The quantitative estimate of drug-likeness (QED) is 0.119. The van der Waals surface area contributed by atoms with E-state index in [1.807, 2.05) is 12.1 Å². The standard InChI is InChI=1S/C38H12F6N6O2/c1-49-29(17-47)33-23-11-9-19(21-5-3-7-31(27(21)15-45)51-37(39,40)41)13-25(23)36-34(30(18-48)50-2)24-12-10-20(14-26(24)35(33)36)22-6-4-8-32(28(22)16-46)52-38(42,43)44/h3-14H/b33-29-,34-30+. The van der Waals surface area contributed by atoms with Gasteiger partial charge in [0.25, 0.3) is 11.4 Å². The molecule has 0 spiro atoms. The molecule has 248 valence electrons. The van der Waals surface area contributed by atoms with Crippen molar-refractivity contribution in [2.75, 3.05) is 0 Å². The van der Waals surface area contributed by atoms with Crippen LogP contribution < -0.4 is 9.47 Å². The third kappa shape index (κ3) is 5.70. The van der Waals surface area contributed by atoms with Crippen molar-refractivity contribution in [3.63, 3.8) is 0 Å². The average molecular weight is 699 g/mol. The highest BCUT2D eigenvalue weighted by atomic mass is 19.4. The number of ether oxygens (including phenoxy) is 2. The molecule has 8 nitrogen and oxygen atoms in total. The van der Waals surface area contributed by atoms with Gasteiger partial charge in [-0.2, -0.15) is 10.5 Å². The van der Waals surface area contributed by atoms with Gasteiger partial charge in [0.1, 0.15) is 34.8 Å². The zero-order valence-corrected chi connectivity index (χ0v) is 25.7. The van der Waals surface area contributed by atoms with Crippen molar-refractivity contribution in [1.29, 1.82) is 21.0 Å². The number of allylic oxidation sites excluding steroid dienone is 6. The lowest BCUT2D eigenvalue weighted by Crippen LogP contribution is -2.18. The molecular weight excluding hydrogens is 686 g/mol. The Morgan fingerprint density at radius 3 is 1.23 bits per heavy atom. The lowest BCUT2D eigenvalue weighted by molar-refractivity contribution is -0.275. The van der Waals surface area contributed by atoms with Crippen molar-refractivity contribution in [2.45, 2.75) is 12.7 Å². The van der Waals surface area contributed by atoms with Gasteiger partial charge in [0, 0.05) is 22.3 Å². The number of alkyl halides is 6. The summed E-state index contributed by atoms with van der Waals surface area (Å²) in [5.74, 6) is -1.51. The molecule has 0 unspecified atom stereocenters. The Morgan fingerprint density at radius 1 is 0.538 bits per heavy atom. The van der Waals surface area contributed by atoms with E-state index in [-0.39, 0.29) is 66.8 Å². The SMILES string of the molecule is [C-]#[N+]/C(C#N)=C1C2=C(/C(=C(\C#N)[N+]#[C-])c3ccc(-c4cccc(OC(F)(F)F)c4C#N)cc32)c2cc(-c3cccc(OC(F)(F)F)c3C#N)ccc2\1. The highest BCUT2D eigenvalue weighted by Gasteiger charge is 2.40. The first-order valence-corrected chi connectivity index (χ1v) is 14.5. The minimum Gasteiger partial charge on any atom is -0.404 e. The van der Waals surface area contributed by atoms with Gasteiger partial charge >= 0.3 is 12.7 Å². The molecule has 4 aromatic carbocycles. The maximum atomic E-state index is 13.2. The number of nitriles is 4. The van der Waals surface area contributed by atoms with Crippen LogP contribution in [0, 0.1) is 58.5 Å². The topological polar surface area (TPSA) is 122 Å². The first-order chi connectivity index (χ1) is 24.8. The molecule has 2 aliphatic carbocycles. The van der Waals surface area contributed by atoms with Crippen LogP contribution in [0.2, 0.25) is 0 Å². The van der Waals surface area contributed by atoms with Gasteiger partial charge in [0.15, 0.2) is 0 Å². The molecule has 0 amide bonds. The summed E-state index contributed by atoms with van der Waals surface area (Å²) in [7, 11) is 0. The minimum absolute atomic E-state index is 0.0383. The monoisotopic (exact) mass is 698 g/mol. The smallest absolute Gasteiger partial charge is 0.404 e. The molecule has 0 heterocycles. The molecule has 0 atom stereocenters. The predicted molar refractivity (Wildman–Crippen MR) is 172 cm³/mol. The van der Waals surface area contributed by atoms with Gasteiger partial charge in [0.05, 0.1) is 25.3 Å². The number of hydrogen-bond donors (Lipinski definition) is 0. The molecule has 4 aromatic rings. The van der Waals surface area contributed by atoms with Crippen LogP contribution in [0.3, 0.4) is 0 Å². The molecule has 0 fully saturated rings. The number of nitrogens with zero attached hydrogens (tertiary/aromatic N) is 6. The van der Waals surface area contributed by atoms with Crippen molar-refractivity contribution >= 4 is 22.3 Å². The van der Waals surface area contributed by atoms with Crippen LogP contribution in [0.25, 0.3) is 54.2 Å². The lowest BCUT2D eigenvalue weighted by atomic mass is 9.87. The summed E-state index contributed by atoms with van der Waals surface area (Å²) < 4.78 is 87.2. The van der Waals surface area contributed by atoms with E-state index in [0.717, 1.165) is 12.1 Å². The molecule has 0 aromatic heterocycles. The second-order valence-electron chi connectivity index (χ2n) is 10.8. The number of fused-ring (bicyclic) bond motifs is 4. The van der Waals surface area contributed by atoms with Crippen LogP contribution in [0.5, 0.6) is 11.5 Å². The van der Waals surface area contributed by atoms with Crippen LogP contribution in [0.4, 0.5) is 26.3 Å². The van der Waals surface area contributed by atoms with Gasteiger partial charge < -0.3 is 9.47 Å². The second kappa shape index (κ2) is 12.6.